The van der Waals surface area contributed by atoms with E-state index in [4.69, 9.17) is 23.7 Å². The van der Waals surface area contributed by atoms with Gasteiger partial charge in [0.2, 0.25) is 0 Å². The first-order valence-corrected chi connectivity index (χ1v) is 14.5. The van der Waals surface area contributed by atoms with E-state index < -0.39 is 36.2 Å². The van der Waals surface area contributed by atoms with Crippen LogP contribution in [0.5, 0.6) is 11.5 Å². The van der Waals surface area contributed by atoms with Gasteiger partial charge in [-0.2, -0.15) is 0 Å². The Labute approximate surface area is 244 Å². The van der Waals surface area contributed by atoms with Crippen LogP contribution < -0.4 is 14.8 Å². The number of hydrogen-bond donors (Lipinski definition) is 1. The van der Waals surface area contributed by atoms with Gasteiger partial charge in [-0.1, -0.05) is 47.6 Å². The van der Waals surface area contributed by atoms with Gasteiger partial charge in [0.1, 0.15) is 12.1 Å². The smallest absolute Gasteiger partial charge is 0.468 e. The van der Waals surface area contributed by atoms with Crippen molar-refractivity contribution in [3.8, 4) is 11.5 Å². The van der Waals surface area contributed by atoms with Gasteiger partial charge in [-0.25, -0.2) is 4.79 Å². The topological polar surface area (TPSA) is 126 Å². The van der Waals surface area contributed by atoms with E-state index in [1.165, 1.54) is 7.11 Å². The molecule has 1 aromatic carbocycles. The maximum absolute atomic E-state index is 12.5. The van der Waals surface area contributed by atoms with Gasteiger partial charge in [0.15, 0.2) is 11.5 Å². The molecule has 0 saturated heterocycles. The molecule has 0 amide bonds. The number of ether oxygens (including phenoxy) is 5. The summed E-state index contributed by atoms with van der Waals surface area (Å²) in [6.07, 6.45) is 1.35. The summed E-state index contributed by atoms with van der Waals surface area (Å²) in [6.45, 7) is 14.2. The molecule has 0 radical (unpaired) electrons. The molecule has 232 valence electrons. The molecular weight excluding hydrogens is 530 g/mol. The van der Waals surface area contributed by atoms with Crippen LogP contribution in [0.4, 0.5) is 4.79 Å². The first-order chi connectivity index (χ1) is 19.3. The molecule has 0 heterocycles. The summed E-state index contributed by atoms with van der Waals surface area (Å²) in [5, 5.41) is 3.07. The minimum Gasteiger partial charge on any atom is -0.468 e. The molecule has 0 aliphatic heterocycles. The number of methoxy groups -OCH3 is 1. The van der Waals surface area contributed by atoms with Crippen LogP contribution in [0, 0.1) is 17.8 Å². The molecule has 41 heavy (non-hydrogen) atoms. The predicted octanol–water partition coefficient (Wildman–Crippen LogP) is 5.63. The molecule has 0 aromatic heterocycles. The zero-order valence-electron chi connectivity index (χ0n) is 25.9. The second-order valence-corrected chi connectivity index (χ2v) is 11.5. The van der Waals surface area contributed by atoms with Crippen LogP contribution in [0.15, 0.2) is 18.2 Å². The van der Waals surface area contributed by atoms with Crippen molar-refractivity contribution >= 4 is 24.1 Å². The van der Waals surface area contributed by atoms with E-state index in [2.05, 4.69) is 5.32 Å². The summed E-state index contributed by atoms with van der Waals surface area (Å²) < 4.78 is 26.4. The van der Waals surface area contributed by atoms with E-state index >= 15 is 0 Å². The zero-order chi connectivity index (χ0) is 30.9. The van der Waals surface area contributed by atoms with Crippen LogP contribution in [0.1, 0.15) is 86.1 Å². The summed E-state index contributed by atoms with van der Waals surface area (Å²) in [5.74, 6) is -0.0678. The number of carbonyl (C=O) groups is 4. The summed E-state index contributed by atoms with van der Waals surface area (Å²) >= 11 is 0. The second kappa shape index (κ2) is 19.1. The molecule has 1 aromatic rings. The molecule has 0 saturated carbocycles. The van der Waals surface area contributed by atoms with E-state index in [9.17, 15) is 19.2 Å². The lowest BCUT2D eigenvalue weighted by molar-refractivity contribution is -0.143. The molecule has 0 fully saturated rings. The Morgan fingerprint density at radius 2 is 1.34 bits per heavy atom. The average Bonchev–Trinajstić information content (AvgIpc) is 2.89. The van der Waals surface area contributed by atoms with Crippen molar-refractivity contribution in [2.45, 2.75) is 99.1 Å². The number of hydrogen-bond acceptors (Lipinski definition) is 10. The summed E-state index contributed by atoms with van der Waals surface area (Å²) in [6, 6.07) is 4.05. The van der Waals surface area contributed by atoms with Crippen molar-refractivity contribution < 1.29 is 42.9 Å². The number of rotatable bonds is 18. The highest BCUT2D eigenvalue weighted by molar-refractivity contribution is 5.77. The van der Waals surface area contributed by atoms with E-state index in [-0.39, 0.29) is 43.9 Å². The Morgan fingerprint density at radius 3 is 1.88 bits per heavy atom. The minimum absolute atomic E-state index is 0.110. The third-order valence-corrected chi connectivity index (χ3v) is 6.10. The number of benzene rings is 1. The van der Waals surface area contributed by atoms with Gasteiger partial charge in [0.25, 0.3) is 0 Å². The Morgan fingerprint density at radius 1 is 0.780 bits per heavy atom. The zero-order valence-corrected chi connectivity index (χ0v) is 25.9. The highest BCUT2D eigenvalue weighted by Crippen LogP contribution is 2.30. The quantitative estimate of drug-likeness (QED) is 0.173. The standard InChI is InChI=1S/C31H49NO9/c1-20(2)9-13-28(33)40-26-12-11-24(18-27(26)41-29(34)14-10-21(3)4)17-25(30(35)37-8)32-19-23(7)39-31(36)38-16-15-22(5)6/h11-12,18,20-23,25,32H,9-10,13-17,19H2,1-8H3/t23?,25-/m0/s1. The highest BCUT2D eigenvalue weighted by atomic mass is 16.7. The van der Waals surface area contributed by atoms with Crippen molar-refractivity contribution in [2.24, 2.45) is 17.8 Å². The molecule has 10 nitrogen and oxygen atoms in total. The van der Waals surface area contributed by atoms with Crippen LogP contribution in [-0.4, -0.2) is 56.5 Å². The Hall–Kier alpha value is -3.14. The minimum atomic E-state index is -0.785. The van der Waals surface area contributed by atoms with Crippen LogP contribution in [0.25, 0.3) is 0 Å². The van der Waals surface area contributed by atoms with E-state index in [1.54, 1.807) is 25.1 Å². The summed E-state index contributed by atoms with van der Waals surface area (Å²) in [4.78, 5) is 49.4. The van der Waals surface area contributed by atoms with Gasteiger partial charge in [-0.05, 0) is 68.1 Å². The van der Waals surface area contributed by atoms with Crippen LogP contribution >= 0.6 is 0 Å². The first kappa shape index (κ1) is 35.9. The Kier molecular flexibility index (Phi) is 16.7. The third kappa shape index (κ3) is 16.0. The normalized spacial score (nSPS) is 12.7. The van der Waals surface area contributed by atoms with Gasteiger partial charge in [-0.15, -0.1) is 0 Å². The maximum atomic E-state index is 12.5. The Bertz CT molecular complexity index is 974. The monoisotopic (exact) mass is 579 g/mol. The maximum Gasteiger partial charge on any atom is 0.508 e. The summed E-state index contributed by atoms with van der Waals surface area (Å²) in [5.41, 5.74) is 0.642. The third-order valence-electron chi connectivity index (χ3n) is 6.10. The average molecular weight is 580 g/mol. The Balaban J connectivity index is 2.97. The molecule has 0 aliphatic carbocycles. The molecular formula is C31H49NO9. The fourth-order valence-electron chi connectivity index (χ4n) is 3.55. The van der Waals surface area contributed by atoms with Crippen molar-refractivity contribution in [3.05, 3.63) is 23.8 Å². The second-order valence-electron chi connectivity index (χ2n) is 11.5. The molecule has 0 spiro atoms. The fraction of sp³-hybridized carbons (Fsp3) is 0.677. The van der Waals surface area contributed by atoms with E-state index in [1.807, 2.05) is 41.5 Å². The van der Waals surface area contributed by atoms with Gasteiger partial charge < -0.3 is 29.0 Å². The van der Waals surface area contributed by atoms with Gasteiger partial charge >= 0.3 is 24.1 Å². The van der Waals surface area contributed by atoms with Crippen LogP contribution in [-0.2, 0) is 35.0 Å². The number of carbonyl (C=O) groups excluding carboxylic acids is 4. The SMILES string of the molecule is COC(=O)[C@H](Cc1ccc(OC(=O)CCC(C)C)c(OC(=O)CCC(C)C)c1)NCC(C)OC(=O)OCCC(C)C. The summed E-state index contributed by atoms with van der Waals surface area (Å²) in [7, 11) is 1.28. The fourth-order valence-corrected chi connectivity index (χ4v) is 3.55. The van der Waals surface area contributed by atoms with Crippen molar-refractivity contribution in [1.29, 1.82) is 0 Å². The highest BCUT2D eigenvalue weighted by Gasteiger charge is 2.23. The van der Waals surface area contributed by atoms with Crippen LogP contribution in [0.3, 0.4) is 0 Å². The molecule has 2 atom stereocenters. The number of nitrogens with one attached hydrogen (secondary N) is 1. The molecule has 10 heteroatoms. The van der Waals surface area contributed by atoms with Gasteiger partial charge in [0.05, 0.1) is 13.7 Å². The van der Waals surface area contributed by atoms with Crippen molar-refractivity contribution in [1.82, 2.24) is 5.32 Å². The predicted molar refractivity (Wildman–Crippen MR) is 155 cm³/mol. The van der Waals surface area contributed by atoms with E-state index in [0.29, 0.717) is 36.2 Å². The molecule has 1 unspecified atom stereocenters. The van der Waals surface area contributed by atoms with E-state index in [0.717, 1.165) is 6.42 Å². The van der Waals surface area contributed by atoms with Crippen molar-refractivity contribution in [2.75, 3.05) is 20.3 Å². The molecule has 1 rings (SSSR count). The molecule has 1 N–H and O–H groups in total. The van der Waals surface area contributed by atoms with Gasteiger partial charge in [-0.3, -0.25) is 14.4 Å². The number of esters is 3. The van der Waals surface area contributed by atoms with Crippen LogP contribution in [0.2, 0.25) is 0 Å². The van der Waals surface area contributed by atoms with Crippen molar-refractivity contribution in [3.63, 3.8) is 0 Å². The molecule has 0 aliphatic rings. The largest absolute Gasteiger partial charge is 0.508 e. The van der Waals surface area contributed by atoms with Gasteiger partial charge in [0, 0.05) is 19.4 Å². The first-order valence-electron chi connectivity index (χ1n) is 14.5. The lowest BCUT2D eigenvalue weighted by atomic mass is 10.0. The molecule has 0 bridgehead atoms. The lowest BCUT2D eigenvalue weighted by Crippen LogP contribution is -2.43. The lowest BCUT2D eigenvalue weighted by Gasteiger charge is -2.20.